The highest BCUT2D eigenvalue weighted by molar-refractivity contribution is 6.30. The van der Waals surface area contributed by atoms with E-state index in [-0.39, 0.29) is 18.6 Å². The van der Waals surface area contributed by atoms with Crippen molar-refractivity contribution >= 4 is 17.6 Å². The summed E-state index contributed by atoms with van der Waals surface area (Å²) < 4.78 is 10.4. The number of carbonyl (C=O) groups excluding carboxylic acids is 1. The summed E-state index contributed by atoms with van der Waals surface area (Å²) in [5.74, 6) is 0.307. The van der Waals surface area contributed by atoms with E-state index in [2.05, 4.69) is 11.4 Å². The summed E-state index contributed by atoms with van der Waals surface area (Å²) in [4.78, 5) is 11.5. The van der Waals surface area contributed by atoms with Gasteiger partial charge in [-0.25, -0.2) is 4.79 Å². The number of benzene rings is 2. The van der Waals surface area contributed by atoms with Crippen molar-refractivity contribution in [1.82, 2.24) is 5.32 Å². The van der Waals surface area contributed by atoms with Gasteiger partial charge in [-0.05, 0) is 67.1 Å². The maximum atomic E-state index is 11.5. The van der Waals surface area contributed by atoms with Gasteiger partial charge in [-0.1, -0.05) is 29.8 Å². The molecule has 2 N–H and O–H groups in total. The Morgan fingerprint density at radius 1 is 1.29 bits per heavy atom. The smallest absolute Gasteiger partial charge is 0.344 e. The number of carbonyl (C=O) groups is 1. The maximum Gasteiger partial charge on any atom is 0.344 e. The first-order chi connectivity index (χ1) is 13.5. The molecule has 5 nitrogen and oxygen atoms in total. The minimum Gasteiger partial charge on any atom is -0.482 e. The largest absolute Gasteiger partial charge is 0.482 e. The zero-order chi connectivity index (χ0) is 19.9. The topological polar surface area (TPSA) is 67.8 Å². The van der Waals surface area contributed by atoms with Crippen LogP contribution in [0.3, 0.4) is 0 Å². The molecule has 0 aliphatic heterocycles. The van der Waals surface area contributed by atoms with E-state index in [1.54, 1.807) is 19.1 Å². The lowest BCUT2D eigenvalue weighted by molar-refractivity contribution is -0.145. The molecule has 0 aromatic heterocycles. The van der Waals surface area contributed by atoms with E-state index in [1.807, 2.05) is 24.3 Å². The van der Waals surface area contributed by atoms with Gasteiger partial charge in [-0.3, -0.25) is 0 Å². The number of hydrogen-bond acceptors (Lipinski definition) is 5. The van der Waals surface area contributed by atoms with E-state index >= 15 is 0 Å². The van der Waals surface area contributed by atoms with Crippen molar-refractivity contribution in [2.75, 3.05) is 19.8 Å². The summed E-state index contributed by atoms with van der Waals surface area (Å²) in [5.41, 5.74) is 3.32. The molecule has 6 heteroatoms. The van der Waals surface area contributed by atoms with E-state index in [4.69, 9.17) is 21.1 Å². The van der Waals surface area contributed by atoms with Crippen LogP contribution in [-0.4, -0.2) is 36.9 Å². The fraction of sp³-hybridized carbons (Fsp3) is 0.409. The molecular formula is C22H26ClNO4. The Labute approximate surface area is 170 Å². The molecule has 0 bridgehead atoms. The standard InChI is InChI=1S/C22H26ClNO4/c1-2-27-22(26)14-28-20-9-7-15-6-8-19(11-17(15)12-20)24-13-21(25)16-4-3-5-18(23)10-16/h3-5,7,9-10,12,19,21,24-25H,2,6,8,11,13-14H2,1H3/t19?,21-/m0/s1. The second-order valence-corrected chi connectivity index (χ2v) is 7.38. The molecule has 0 heterocycles. The molecule has 1 aliphatic rings. The molecule has 0 fully saturated rings. The predicted molar refractivity (Wildman–Crippen MR) is 109 cm³/mol. The summed E-state index contributed by atoms with van der Waals surface area (Å²) in [5, 5.41) is 14.5. The highest BCUT2D eigenvalue weighted by Crippen LogP contribution is 2.26. The Kier molecular flexibility index (Phi) is 7.31. The van der Waals surface area contributed by atoms with Gasteiger partial charge in [0.05, 0.1) is 12.7 Å². The van der Waals surface area contributed by atoms with Gasteiger partial charge in [-0.2, -0.15) is 0 Å². The minimum absolute atomic E-state index is 0.0832. The molecule has 28 heavy (non-hydrogen) atoms. The predicted octanol–water partition coefficient (Wildman–Crippen LogP) is 3.46. The monoisotopic (exact) mass is 403 g/mol. The van der Waals surface area contributed by atoms with Crippen LogP contribution in [0.4, 0.5) is 0 Å². The third-order valence-electron chi connectivity index (χ3n) is 4.90. The molecule has 1 aliphatic carbocycles. The van der Waals surface area contributed by atoms with E-state index in [1.165, 1.54) is 11.1 Å². The first kappa shape index (κ1) is 20.6. The number of nitrogens with one attached hydrogen (secondary N) is 1. The van der Waals surface area contributed by atoms with Crippen molar-refractivity contribution in [3.8, 4) is 5.75 Å². The lowest BCUT2D eigenvalue weighted by atomic mass is 9.88. The average Bonchev–Trinajstić information content (AvgIpc) is 2.70. The van der Waals surface area contributed by atoms with Crippen LogP contribution in [0, 0.1) is 0 Å². The highest BCUT2D eigenvalue weighted by Gasteiger charge is 2.20. The summed E-state index contributed by atoms with van der Waals surface area (Å²) >= 11 is 6.00. The van der Waals surface area contributed by atoms with Gasteiger partial charge in [0.25, 0.3) is 0 Å². The molecule has 2 aromatic carbocycles. The third kappa shape index (κ3) is 5.71. The second-order valence-electron chi connectivity index (χ2n) is 6.94. The molecule has 0 saturated heterocycles. The Bertz CT molecular complexity index is 811. The van der Waals surface area contributed by atoms with Gasteiger partial charge in [0, 0.05) is 17.6 Å². The van der Waals surface area contributed by atoms with E-state index < -0.39 is 6.10 Å². The van der Waals surface area contributed by atoms with E-state index in [0.29, 0.717) is 23.9 Å². The number of rotatable bonds is 8. The molecule has 2 atom stereocenters. The van der Waals surface area contributed by atoms with Crippen LogP contribution < -0.4 is 10.1 Å². The zero-order valence-electron chi connectivity index (χ0n) is 16.0. The Hall–Kier alpha value is -2.08. The number of aliphatic hydroxyl groups excluding tert-OH is 1. The lowest BCUT2D eigenvalue weighted by Crippen LogP contribution is -2.37. The zero-order valence-corrected chi connectivity index (χ0v) is 16.7. The van der Waals surface area contributed by atoms with Crippen molar-refractivity contribution in [3.05, 3.63) is 64.2 Å². The number of fused-ring (bicyclic) bond motifs is 1. The lowest BCUT2D eigenvalue weighted by Gasteiger charge is -2.27. The van der Waals surface area contributed by atoms with Gasteiger partial charge in [0.15, 0.2) is 6.61 Å². The van der Waals surface area contributed by atoms with Crippen molar-refractivity contribution in [2.45, 2.75) is 38.3 Å². The Morgan fingerprint density at radius 2 is 2.14 bits per heavy atom. The molecule has 1 unspecified atom stereocenters. The average molecular weight is 404 g/mol. The molecule has 0 spiro atoms. The number of ether oxygens (including phenoxy) is 2. The third-order valence-corrected chi connectivity index (χ3v) is 5.14. The Morgan fingerprint density at radius 3 is 2.93 bits per heavy atom. The van der Waals surface area contributed by atoms with Crippen LogP contribution in [0.5, 0.6) is 5.75 Å². The van der Waals surface area contributed by atoms with Gasteiger partial charge in [0.2, 0.25) is 0 Å². The number of aliphatic hydroxyl groups is 1. The van der Waals surface area contributed by atoms with Gasteiger partial charge in [0.1, 0.15) is 5.75 Å². The summed E-state index contributed by atoms with van der Waals surface area (Å²) in [7, 11) is 0. The van der Waals surface area contributed by atoms with Crippen molar-refractivity contribution in [2.24, 2.45) is 0 Å². The molecule has 0 amide bonds. The van der Waals surface area contributed by atoms with Crippen molar-refractivity contribution < 1.29 is 19.4 Å². The second kappa shape index (κ2) is 9.92. The summed E-state index contributed by atoms with van der Waals surface area (Å²) in [6.07, 6.45) is 2.24. The van der Waals surface area contributed by atoms with Gasteiger partial charge < -0.3 is 19.9 Å². The first-order valence-corrected chi connectivity index (χ1v) is 10.00. The summed E-state index contributed by atoms with van der Waals surface area (Å²) in [6, 6.07) is 13.5. The normalized spacial score (nSPS) is 16.9. The highest BCUT2D eigenvalue weighted by atomic mass is 35.5. The van der Waals surface area contributed by atoms with Crippen LogP contribution in [0.25, 0.3) is 0 Å². The molecule has 0 saturated carbocycles. The number of aryl methyl sites for hydroxylation is 1. The van der Waals surface area contributed by atoms with Crippen LogP contribution >= 0.6 is 11.6 Å². The van der Waals surface area contributed by atoms with Gasteiger partial charge >= 0.3 is 5.97 Å². The number of hydrogen-bond donors (Lipinski definition) is 2. The summed E-state index contributed by atoms with van der Waals surface area (Å²) in [6.45, 7) is 2.51. The van der Waals surface area contributed by atoms with Crippen LogP contribution in [-0.2, 0) is 22.4 Å². The minimum atomic E-state index is -0.598. The molecule has 0 radical (unpaired) electrons. The first-order valence-electron chi connectivity index (χ1n) is 9.62. The fourth-order valence-corrected chi connectivity index (χ4v) is 3.65. The van der Waals surface area contributed by atoms with Crippen molar-refractivity contribution in [1.29, 1.82) is 0 Å². The molecule has 150 valence electrons. The van der Waals surface area contributed by atoms with E-state index in [0.717, 1.165) is 24.8 Å². The quantitative estimate of drug-likeness (QED) is 0.660. The molecule has 2 aromatic rings. The Balaban J connectivity index is 1.54. The van der Waals surface area contributed by atoms with Crippen LogP contribution in [0.1, 0.15) is 36.1 Å². The molecular weight excluding hydrogens is 378 g/mol. The molecule has 3 rings (SSSR count). The fourth-order valence-electron chi connectivity index (χ4n) is 3.45. The van der Waals surface area contributed by atoms with Crippen LogP contribution in [0.15, 0.2) is 42.5 Å². The van der Waals surface area contributed by atoms with E-state index in [9.17, 15) is 9.90 Å². The van der Waals surface area contributed by atoms with Crippen LogP contribution in [0.2, 0.25) is 5.02 Å². The van der Waals surface area contributed by atoms with Gasteiger partial charge in [-0.15, -0.1) is 0 Å². The SMILES string of the molecule is CCOC(=O)COc1ccc2c(c1)CC(NC[C@H](O)c1cccc(Cl)c1)CC2. The van der Waals surface area contributed by atoms with Crippen molar-refractivity contribution in [3.63, 3.8) is 0 Å². The number of halogens is 1. The number of esters is 1. The maximum absolute atomic E-state index is 11.5.